The van der Waals surface area contributed by atoms with Crippen molar-refractivity contribution >= 4 is 29.5 Å². The van der Waals surface area contributed by atoms with E-state index < -0.39 is 11.4 Å². The number of amides is 1. The molecule has 9 heteroatoms. The van der Waals surface area contributed by atoms with Gasteiger partial charge >= 0.3 is 5.97 Å². The highest BCUT2D eigenvalue weighted by Crippen LogP contribution is 2.18. The molecule has 0 aliphatic carbocycles. The molecule has 3 N–H and O–H groups in total. The molecule has 1 aromatic carbocycles. The molecule has 144 valence electrons. The fourth-order valence-corrected chi connectivity index (χ4v) is 1.95. The number of carbonyl (C=O) groups excluding carboxylic acids is 2. The number of ether oxygens (including phenoxy) is 1. The fourth-order valence-electron chi connectivity index (χ4n) is 1.95. The summed E-state index contributed by atoms with van der Waals surface area (Å²) < 4.78 is 5.25. The Balaban J connectivity index is 2.06. The zero-order valence-corrected chi connectivity index (χ0v) is 16.1. The Bertz CT molecular complexity index is 845. The predicted octanol–water partition coefficient (Wildman–Crippen LogP) is 1.86. The zero-order valence-electron chi connectivity index (χ0n) is 16.1. The Morgan fingerprint density at radius 3 is 2.52 bits per heavy atom. The summed E-state index contributed by atoms with van der Waals surface area (Å²) >= 11 is 0. The minimum absolute atomic E-state index is 0.0478. The van der Waals surface area contributed by atoms with Crippen LogP contribution >= 0.6 is 0 Å². The molecule has 2 aromatic rings. The molecule has 0 saturated carbocycles. The van der Waals surface area contributed by atoms with Crippen molar-refractivity contribution in [1.82, 2.24) is 15.0 Å². The van der Waals surface area contributed by atoms with E-state index in [1.54, 1.807) is 43.3 Å². The SMILES string of the molecule is CN(C)c1nc(N)nc(COC(=O)c2cccc(NC(=O)C(C)(C)C)c2)n1. The third kappa shape index (κ3) is 5.63. The number of nitrogens with zero attached hydrogens (tertiary/aromatic N) is 4. The smallest absolute Gasteiger partial charge is 0.338 e. The molecule has 0 unspecified atom stereocenters. The number of hydrogen-bond acceptors (Lipinski definition) is 8. The largest absolute Gasteiger partial charge is 0.454 e. The van der Waals surface area contributed by atoms with Gasteiger partial charge in [0.1, 0.15) is 0 Å². The van der Waals surface area contributed by atoms with Crippen LogP contribution in [0.15, 0.2) is 24.3 Å². The third-order valence-electron chi connectivity index (χ3n) is 3.46. The van der Waals surface area contributed by atoms with Gasteiger partial charge in [-0.15, -0.1) is 0 Å². The minimum Gasteiger partial charge on any atom is -0.454 e. The number of benzene rings is 1. The van der Waals surface area contributed by atoms with Gasteiger partial charge in [-0.3, -0.25) is 4.79 Å². The molecule has 0 saturated heterocycles. The molecule has 0 spiro atoms. The predicted molar refractivity (Wildman–Crippen MR) is 102 cm³/mol. The first kappa shape index (κ1) is 20.1. The lowest BCUT2D eigenvalue weighted by atomic mass is 9.95. The monoisotopic (exact) mass is 372 g/mol. The quantitative estimate of drug-likeness (QED) is 0.762. The van der Waals surface area contributed by atoms with Crippen LogP contribution in [0.3, 0.4) is 0 Å². The van der Waals surface area contributed by atoms with Gasteiger partial charge in [-0.1, -0.05) is 26.8 Å². The molecule has 0 aliphatic heterocycles. The summed E-state index contributed by atoms with van der Waals surface area (Å²) in [5.74, 6) is -0.0408. The maximum absolute atomic E-state index is 12.3. The lowest BCUT2D eigenvalue weighted by Gasteiger charge is -2.17. The van der Waals surface area contributed by atoms with Crippen LogP contribution in [-0.2, 0) is 16.1 Å². The molecule has 0 aliphatic rings. The van der Waals surface area contributed by atoms with Crippen LogP contribution in [0, 0.1) is 5.41 Å². The molecule has 1 heterocycles. The van der Waals surface area contributed by atoms with Crippen LogP contribution in [0.5, 0.6) is 0 Å². The topological polar surface area (TPSA) is 123 Å². The van der Waals surface area contributed by atoms with E-state index in [-0.39, 0.29) is 24.3 Å². The van der Waals surface area contributed by atoms with Crippen molar-refractivity contribution in [2.45, 2.75) is 27.4 Å². The maximum Gasteiger partial charge on any atom is 0.338 e. The minimum atomic E-state index is -0.563. The molecule has 0 fully saturated rings. The van der Waals surface area contributed by atoms with Crippen molar-refractivity contribution in [3.05, 3.63) is 35.7 Å². The molecule has 1 aromatic heterocycles. The Hall–Kier alpha value is -3.23. The molecule has 2 rings (SSSR count). The summed E-state index contributed by atoms with van der Waals surface area (Å²) in [6.45, 7) is 5.28. The van der Waals surface area contributed by atoms with Crippen molar-refractivity contribution in [3.8, 4) is 0 Å². The van der Waals surface area contributed by atoms with Crippen molar-refractivity contribution in [3.63, 3.8) is 0 Å². The third-order valence-corrected chi connectivity index (χ3v) is 3.46. The summed E-state index contributed by atoms with van der Waals surface area (Å²) in [5.41, 5.74) is 5.92. The van der Waals surface area contributed by atoms with Gasteiger partial charge in [-0.25, -0.2) is 4.79 Å². The Labute approximate surface area is 158 Å². The lowest BCUT2D eigenvalue weighted by Crippen LogP contribution is -2.27. The fraction of sp³-hybridized carbons (Fsp3) is 0.389. The van der Waals surface area contributed by atoms with E-state index >= 15 is 0 Å². The molecule has 27 heavy (non-hydrogen) atoms. The van der Waals surface area contributed by atoms with E-state index in [1.807, 2.05) is 20.8 Å². The van der Waals surface area contributed by atoms with Gasteiger partial charge in [0.25, 0.3) is 0 Å². The van der Waals surface area contributed by atoms with E-state index in [4.69, 9.17) is 10.5 Å². The Morgan fingerprint density at radius 2 is 1.89 bits per heavy atom. The van der Waals surface area contributed by atoms with Crippen LogP contribution in [0.1, 0.15) is 37.0 Å². The highest BCUT2D eigenvalue weighted by Gasteiger charge is 2.21. The first-order valence-corrected chi connectivity index (χ1v) is 8.32. The van der Waals surface area contributed by atoms with E-state index in [2.05, 4.69) is 20.3 Å². The molecule has 1 amide bonds. The number of esters is 1. The zero-order chi connectivity index (χ0) is 20.2. The highest BCUT2D eigenvalue weighted by molar-refractivity contribution is 5.96. The van der Waals surface area contributed by atoms with E-state index in [1.165, 1.54) is 0 Å². The second-order valence-electron chi connectivity index (χ2n) is 7.17. The summed E-state index contributed by atoms with van der Waals surface area (Å²) in [6.07, 6.45) is 0. The molecule has 0 bridgehead atoms. The lowest BCUT2D eigenvalue weighted by molar-refractivity contribution is -0.123. The number of nitrogens with one attached hydrogen (secondary N) is 1. The number of anilines is 3. The first-order valence-electron chi connectivity index (χ1n) is 8.32. The number of nitrogens with two attached hydrogens (primary N) is 1. The standard InChI is InChI=1S/C18H24N6O3/c1-18(2,3)15(26)20-12-8-6-7-11(9-12)14(25)27-10-13-21-16(19)23-17(22-13)24(4)5/h6-9H,10H2,1-5H3,(H,20,26)(H2,19,21,22,23). The van der Waals surface area contributed by atoms with Crippen LogP contribution in [0.25, 0.3) is 0 Å². The normalized spacial score (nSPS) is 11.0. The molecule has 0 atom stereocenters. The van der Waals surface area contributed by atoms with Crippen LogP contribution in [0.2, 0.25) is 0 Å². The van der Waals surface area contributed by atoms with Gasteiger partial charge in [0.2, 0.25) is 17.8 Å². The number of nitrogen functional groups attached to an aromatic ring is 1. The second kappa shape index (κ2) is 7.98. The van der Waals surface area contributed by atoms with Gasteiger partial charge in [0, 0.05) is 25.2 Å². The number of rotatable bonds is 5. The Kier molecular flexibility index (Phi) is 5.94. The van der Waals surface area contributed by atoms with E-state index in [0.717, 1.165) is 0 Å². The van der Waals surface area contributed by atoms with Crippen molar-refractivity contribution in [2.24, 2.45) is 5.41 Å². The highest BCUT2D eigenvalue weighted by atomic mass is 16.5. The van der Waals surface area contributed by atoms with Gasteiger partial charge in [-0.05, 0) is 18.2 Å². The Morgan fingerprint density at radius 1 is 1.19 bits per heavy atom. The number of carbonyl (C=O) groups is 2. The van der Waals surface area contributed by atoms with E-state index in [9.17, 15) is 9.59 Å². The van der Waals surface area contributed by atoms with E-state index in [0.29, 0.717) is 17.2 Å². The summed E-state index contributed by atoms with van der Waals surface area (Å²) in [7, 11) is 3.53. The number of hydrogen-bond donors (Lipinski definition) is 2. The summed E-state index contributed by atoms with van der Waals surface area (Å²) in [4.78, 5) is 38.2. The average molecular weight is 372 g/mol. The van der Waals surface area contributed by atoms with Crippen molar-refractivity contribution in [2.75, 3.05) is 30.0 Å². The van der Waals surface area contributed by atoms with Gasteiger partial charge in [0.15, 0.2) is 12.4 Å². The number of aromatic nitrogens is 3. The molecular formula is C18H24N6O3. The van der Waals surface area contributed by atoms with Crippen molar-refractivity contribution in [1.29, 1.82) is 0 Å². The average Bonchev–Trinajstić information content (AvgIpc) is 2.58. The first-order chi connectivity index (χ1) is 12.6. The molecular weight excluding hydrogens is 348 g/mol. The van der Waals surface area contributed by atoms with Gasteiger partial charge in [0.05, 0.1) is 5.56 Å². The van der Waals surface area contributed by atoms with Gasteiger partial charge in [-0.2, -0.15) is 15.0 Å². The van der Waals surface area contributed by atoms with Crippen LogP contribution < -0.4 is 16.0 Å². The van der Waals surface area contributed by atoms with Crippen LogP contribution in [-0.4, -0.2) is 40.9 Å². The maximum atomic E-state index is 12.3. The van der Waals surface area contributed by atoms with Gasteiger partial charge < -0.3 is 20.7 Å². The van der Waals surface area contributed by atoms with Crippen LogP contribution in [0.4, 0.5) is 17.6 Å². The molecule has 9 nitrogen and oxygen atoms in total. The summed E-state index contributed by atoms with van der Waals surface area (Å²) in [6, 6.07) is 6.53. The van der Waals surface area contributed by atoms with Crippen molar-refractivity contribution < 1.29 is 14.3 Å². The summed E-state index contributed by atoms with van der Waals surface area (Å²) in [5, 5.41) is 2.78. The molecule has 0 radical (unpaired) electrons. The second-order valence-corrected chi connectivity index (χ2v) is 7.17.